The van der Waals surface area contributed by atoms with E-state index < -0.39 is 0 Å². The van der Waals surface area contributed by atoms with Gasteiger partial charge in [0.25, 0.3) is 0 Å². The first-order valence-electron chi connectivity index (χ1n) is 6.86. The number of nitrogens with two attached hydrogens (primary N) is 2. The summed E-state index contributed by atoms with van der Waals surface area (Å²) in [5.41, 5.74) is 12.9. The molecule has 1 unspecified atom stereocenters. The first kappa shape index (κ1) is 13.0. The fraction of sp³-hybridized carbons (Fsp3) is 0.250. The Labute approximate surface area is 118 Å². The van der Waals surface area contributed by atoms with Gasteiger partial charge in [0.05, 0.1) is 12.6 Å². The van der Waals surface area contributed by atoms with Crippen LogP contribution in [0.4, 0.5) is 5.69 Å². The van der Waals surface area contributed by atoms with Gasteiger partial charge in [-0.15, -0.1) is 0 Å². The number of hydrogen-bond donors (Lipinski definition) is 3. The van der Waals surface area contributed by atoms with Gasteiger partial charge >= 0.3 is 0 Å². The highest BCUT2D eigenvalue weighted by Gasteiger charge is 2.22. The highest BCUT2D eigenvalue weighted by atomic mass is 16.5. The predicted molar refractivity (Wildman–Crippen MR) is 80.3 cm³/mol. The lowest BCUT2D eigenvalue weighted by atomic mass is 9.93. The molecule has 0 fully saturated rings. The summed E-state index contributed by atoms with van der Waals surface area (Å²) in [6, 6.07) is 13.8. The fourth-order valence-corrected chi connectivity index (χ4v) is 2.76. The van der Waals surface area contributed by atoms with E-state index >= 15 is 0 Å². The molecule has 2 aromatic carbocycles. The molecule has 0 aromatic heterocycles. The monoisotopic (exact) mass is 269 g/mol. The van der Waals surface area contributed by atoms with Gasteiger partial charge in [-0.2, -0.15) is 0 Å². The quantitative estimate of drug-likeness (QED) is 0.453. The van der Waals surface area contributed by atoms with Crippen molar-refractivity contribution in [2.45, 2.75) is 18.9 Å². The summed E-state index contributed by atoms with van der Waals surface area (Å²) in [6.07, 6.45) is 2.11. The third-order valence-electron chi connectivity index (χ3n) is 3.75. The van der Waals surface area contributed by atoms with E-state index in [0.29, 0.717) is 0 Å². The molecule has 3 rings (SSSR count). The zero-order chi connectivity index (χ0) is 13.9. The number of nitrogens with one attached hydrogen (secondary N) is 1. The van der Waals surface area contributed by atoms with Gasteiger partial charge < -0.3 is 10.5 Å². The molecule has 0 saturated heterocycles. The highest BCUT2D eigenvalue weighted by molar-refractivity contribution is 5.55. The number of para-hydroxylation sites is 2. The molecule has 1 heterocycles. The summed E-state index contributed by atoms with van der Waals surface area (Å²) >= 11 is 0. The summed E-state index contributed by atoms with van der Waals surface area (Å²) < 4.78 is 5.86. The number of ether oxygens (including phenoxy) is 1. The van der Waals surface area contributed by atoms with Crippen molar-refractivity contribution < 1.29 is 4.74 Å². The number of rotatable bonds is 3. The van der Waals surface area contributed by atoms with Crippen LogP contribution in [0.1, 0.15) is 29.2 Å². The van der Waals surface area contributed by atoms with E-state index in [0.717, 1.165) is 42.0 Å². The van der Waals surface area contributed by atoms with Gasteiger partial charge in [-0.05, 0) is 30.0 Å². The van der Waals surface area contributed by atoms with E-state index in [-0.39, 0.29) is 6.04 Å². The summed E-state index contributed by atoms with van der Waals surface area (Å²) in [6.45, 7) is 0.756. The number of fused-ring (bicyclic) bond motifs is 1. The van der Waals surface area contributed by atoms with Gasteiger partial charge in [-0.25, -0.2) is 5.43 Å². The minimum absolute atomic E-state index is 0.163. The molecule has 4 nitrogen and oxygen atoms in total. The lowest BCUT2D eigenvalue weighted by Gasteiger charge is -2.25. The van der Waals surface area contributed by atoms with E-state index in [9.17, 15) is 0 Å². The molecular weight excluding hydrogens is 250 g/mol. The van der Waals surface area contributed by atoms with Gasteiger partial charge in [0.1, 0.15) is 5.75 Å². The molecule has 0 radical (unpaired) electrons. The molecule has 104 valence electrons. The molecule has 1 atom stereocenters. The summed E-state index contributed by atoms with van der Waals surface area (Å²) in [5, 5.41) is 0. The Kier molecular flexibility index (Phi) is 3.58. The standard InChI is InChI=1S/C16H19N3O/c17-14-9-2-1-7-12(14)15(19-18)13-8-3-5-11-6-4-10-20-16(11)13/h1-3,5,7-9,15,19H,4,6,10,17-18H2. The number of hydrogen-bond acceptors (Lipinski definition) is 4. The van der Waals surface area contributed by atoms with Crippen LogP contribution in [0.2, 0.25) is 0 Å². The molecule has 0 bridgehead atoms. The maximum absolute atomic E-state index is 6.07. The Bertz CT molecular complexity index is 612. The van der Waals surface area contributed by atoms with Crippen LogP contribution in [-0.2, 0) is 6.42 Å². The van der Waals surface area contributed by atoms with E-state index in [1.165, 1.54) is 5.56 Å². The minimum Gasteiger partial charge on any atom is -0.493 e. The van der Waals surface area contributed by atoms with Gasteiger partial charge in [0.15, 0.2) is 0 Å². The van der Waals surface area contributed by atoms with E-state index in [2.05, 4.69) is 11.5 Å². The Hall–Kier alpha value is -2.04. The summed E-state index contributed by atoms with van der Waals surface area (Å²) in [4.78, 5) is 0. The Morgan fingerprint density at radius 3 is 2.65 bits per heavy atom. The molecule has 2 aromatic rings. The molecule has 0 spiro atoms. The molecule has 0 saturated carbocycles. The first-order valence-corrected chi connectivity index (χ1v) is 6.86. The molecule has 0 amide bonds. The topological polar surface area (TPSA) is 73.3 Å². The zero-order valence-corrected chi connectivity index (χ0v) is 11.3. The van der Waals surface area contributed by atoms with Crippen molar-refractivity contribution in [3.05, 3.63) is 59.2 Å². The minimum atomic E-state index is -0.163. The maximum atomic E-state index is 6.07. The van der Waals surface area contributed by atoms with Crippen molar-refractivity contribution in [3.8, 4) is 5.75 Å². The van der Waals surface area contributed by atoms with Crippen molar-refractivity contribution in [2.75, 3.05) is 12.3 Å². The maximum Gasteiger partial charge on any atom is 0.127 e. The fourth-order valence-electron chi connectivity index (χ4n) is 2.76. The average molecular weight is 269 g/mol. The zero-order valence-electron chi connectivity index (χ0n) is 11.3. The highest BCUT2D eigenvalue weighted by Crippen LogP contribution is 2.36. The Morgan fingerprint density at radius 2 is 1.85 bits per heavy atom. The lowest BCUT2D eigenvalue weighted by molar-refractivity contribution is 0.283. The van der Waals surface area contributed by atoms with Crippen molar-refractivity contribution in [1.82, 2.24) is 5.43 Å². The SMILES string of the molecule is NNC(c1ccccc1N)c1cccc2c1OCCC2. The van der Waals surface area contributed by atoms with E-state index in [1.54, 1.807) is 0 Å². The number of hydrazine groups is 1. The second-order valence-corrected chi connectivity index (χ2v) is 5.02. The second-order valence-electron chi connectivity index (χ2n) is 5.02. The predicted octanol–water partition coefficient (Wildman–Crippen LogP) is 2.15. The number of anilines is 1. The van der Waals surface area contributed by atoms with Gasteiger partial charge in [-0.3, -0.25) is 5.84 Å². The molecular formula is C16H19N3O. The Balaban J connectivity index is 2.09. The van der Waals surface area contributed by atoms with Crippen LogP contribution in [0.25, 0.3) is 0 Å². The van der Waals surface area contributed by atoms with Gasteiger partial charge in [0, 0.05) is 11.3 Å². The van der Waals surface area contributed by atoms with Crippen molar-refractivity contribution in [1.29, 1.82) is 0 Å². The third kappa shape index (κ3) is 2.24. The van der Waals surface area contributed by atoms with Crippen LogP contribution in [0.5, 0.6) is 5.75 Å². The van der Waals surface area contributed by atoms with Crippen LogP contribution in [-0.4, -0.2) is 6.61 Å². The molecule has 1 aliphatic rings. The number of nitrogen functional groups attached to an aromatic ring is 1. The van der Waals surface area contributed by atoms with Crippen molar-refractivity contribution >= 4 is 5.69 Å². The average Bonchev–Trinajstić information content (AvgIpc) is 2.50. The third-order valence-corrected chi connectivity index (χ3v) is 3.75. The van der Waals surface area contributed by atoms with Crippen LogP contribution in [0, 0.1) is 0 Å². The summed E-state index contributed by atoms with van der Waals surface area (Å²) in [7, 11) is 0. The molecule has 4 heteroatoms. The molecule has 20 heavy (non-hydrogen) atoms. The van der Waals surface area contributed by atoms with Crippen molar-refractivity contribution in [2.24, 2.45) is 5.84 Å². The molecule has 0 aliphatic carbocycles. The van der Waals surface area contributed by atoms with Crippen molar-refractivity contribution in [3.63, 3.8) is 0 Å². The normalized spacial score (nSPS) is 15.2. The van der Waals surface area contributed by atoms with Crippen LogP contribution < -0.4 is 21.7 Å². The second kappa shape index (κ2) is 5.53. The Morgan fingerprint density at radius 1 is 1.05 bits per heavy atom. The lowest BCUT2D eigenvalue weighted by Crippen LogP contribution is -2.30. The van der Waals surface area contributed by atoms with Crippen LogP contribution in [0.15, 0.2) is 42.5 Å². The molecule has 1 aliphatic heterocycles. The smallest absolute Gasteiger partial charge is 0.127 e. The summed E-state index contributed by atoms with van der Waals surface area (Å²) in [5.74, 6) is 6.73. The van der Waals surface area contributed by atoms with Gasteiger partial charge in [-0.1, -0.05) is 36.4 Å². The van der Waals surface area contributed by atoms with E-state index in [1.807, 2.05) is 36.4 Å². The largest absolute Gasteiger partial charge is 0.493 e. The number of benzene rings is 2. The number of aryl methyl sites for hydroxylation is 1. The van der Waals surface area contributed by atoms with Crippen LogP contribution >= 0.6 is 0 Å². The first-order chi connectivity index (χ1) is 9.81. The van der Waals surface area contributed by atoms with E-state index in [4.69, 9.17) is 16.3 Å². The van der Waals surface area contributed by atoms with Crippen LogP contribution in [0.3, 0.4) is 0 Å². The van der Waals surface area contributed by atoms with Gasteiger partial charge in [0.2, 0.25) is 0 Å². The molecule has 5 N–H and O–H groups in total.